The van der Waals surface area contributed by atoms with Gasteiger partial charge in [0, 0.05) is 15.1 Å². The van der Waals surface area contributed by atoms with Gasteiger partial charge >= 0.3 is 0 Å². The van der Waals surface area contributed by atoms with Gasteiger partial charge in [-0.25, -0.2) is 0 Å². The van der Waals surface area contributed by atoms with Crippen LogP contribution in [-0.2, 0) is 0 Å². The monoisotopic (exact) mass is 343 g/mol. The van der Waals surface area contributed by atoms with Crippen LogP contribution in [0.25, 0.3) is 0 Å². The Morgan fingerprint density at radius 3 is 2.71 bits per heavy atom. The van der Waals surface area contributed by atoms with Crippen LogP contribution in [0.15, 0.2) is 12.1 Å². The van der Waals surface area contributed by atoms with Crippen LogP contribution in [-0.4, -0.2) is 12.5 Å². The molecule has 0 aliphatic heterocycles. The molecule has 5 heteroatoms. The number of hydrogen-bond donors (Lipinski definition) is 1. The molecule has 0 saturated carbocycles. The van der Waals surface area contributed by atoms with E-state index in [9.17, 15) is 4.79 Å². The van der Waals surface area contributed by atoms with E-state index in [0.717, 1.165) is 3.57 Å². The number of halogens is 3. The van der Waals surface area contributed by atoms with Crippen molar-refractivity contribution in [2.45, 2.75) is 6.92 Å². The summed E-state index contributed by atoms with van der Waals surface area (Å²) in [4.78, 5) is 11.5. The van der Waals surface area contributed by atoms with Crippen molar-refractivity contribution in [2.24, 2.45) is 0 Å². The standard InChI is InChI=1S/C9H8Cl2INO/c1-2-13-9(14)6-3-5(10)4-7(11)8(6)12/h3-4H,2H2,1H3,(H,13,14). The second-order valence-corrected chi connectivity index (χ2v) is 4.53. The predicted molar refractivity (Wildman–Crippen MR) is 67.2 cm³/mol. The number of hydrogen-bond acceptors (Lipinski definition) is 1. The van der Waals surface area contributed by atoms with E-state index in [1.807, 2.05) is 29.5 Å². The van der Waals surface area contributed by atoms with E-state index in [0.29, 0.717) is 22.2 Å². The average molecular weight is 344 g/mol. The molecule has 76 valence electrons. The Balaban J connectivity index is 3.13. The Morgan fingerprint density at radius 2 is 2.14 bits per heavy atom. The molecule has 2 nitrogen and oxygen atoms in total. The number of carbonyl (C=O) groups excluding carboxylic acids is 1. The molecule has 0 radical (unpaired) electrons. The van der Waals surface area contributed by atoms with Gasteiger partial charge in [0.2, 0.25) is 0 Å². The predicted octanol–water partition coefficient (Wildman–Crippen LogP) is 3.35. The highest BCUT2D eigenvalue weighted by Gasteiger charge is 2.12. The SMILES string of the molecule is CCNC(=O)c1cc(Cl)cc(Cl)c1I. The maximum absolute atomic E-state index is 11.5. The molecule has 14 heavy (non-hydrogen) atoms. The number of rotatable bonds is 2. The summed E-state index contributed by atoms with van der Waals surface area (Å²) in [5.74, 6) is -0.152. The number of carbonyl (C=O) groups is 1. The molecule has 0 bridgehead atoms. The van der Waals surface area contributed by atoms with Crippen molar-refractivity contribution in [2.75, 3.05) is 6.54 Å². The number of amides is 1. The minimum absolute atomic E-state index is 0.152. The lowest BCUT2D eigenvalue weighted by Gasteiger charge is -2.06. The average Bonchev–Trinajstić information content (AvgIpc) is 2.11. The Labute approximate surface area is 106 Å². The first-order chi connectivity index (χ1) is 6.56. The van der Waals surface area contributed by atoms with E-state index in [4.69, 9.17) is 23.2 Å². The molecule has 0 heterocycles. The Morgan fingerprint density at radius 1 is 1.50 bits per heavy atom. The third-order valence-electron chi connectivity index (χ3n) is 1.57. The molecule has 1 rings (SSSR count). The van der Waals surface area contributed by atoms with Crippen LogP contribution in [0, 0.1) is 3.57 Å². The molecule has 1 aromatic carbocycles. The Bertz CT molecular complexity index is 368. The molecule has 0 saturated heterocycles. The second-order valence-electron chi connectivity index (χ2n) is 2.61. The van der Waals surface area contributed by atoms with Gasteiger partial charge in [0.25, 0.3) is 5.91 Å². The highest BCUT2D eigenvalue weighted by molar-refractivity contribution is 14.1. The summed E-state index contributed by atoms with van der Waals surface area (Å²) in [6, 6.07) is 3.23. The molecule has 0 unspecified atom stereocenters. The van der Waals surface area contributed by atoms with Gasteiger partial charge in [0.15, 0.2) is 0 Å². The van der Waals surface area contributed by atoms with Crippen molar-refractivity contribution in [3.05, 3.63) is 31.3 Å². The Hall–Kier alpha value is -0.000000000000000111. The fourth-order valence-corrected chi connectivity index (χ4v) is 2.03. The largest absolute Gasteiger partial charge is 0.352 e. The minimum atomic E-state index is -0.152. The van der Waals surface area contributed by atoms with Gasteiger partial charge in [-0.1, -0.05) is 23.2 Å². The smallest absolute Gasteiger partial charge is 0.252 e. The van der Waals surface area contributed by atoms with Crippen molar-refractivity contribution in [1.29, 1.82) is 0 Å². The van der Waals surface area contributed by atoms with E-state index in [1.165, 1.54) is 0 Å². The third kappa shape index (κ3) is 2.74. The minimum Gasteiger partial charge on any atom is -0.352 e. The van der Waals surface area contributed by atoms with Crippen LogP contribution in [0.3, 0.4) is 0 Å². The molecule has 1 amide bonds. The van der Waals surface area contributed by atoms with Crippen molar-refractivity contribution >= 4 is 51.7 Å². The van der Waals surface area contributed by atoms with Crippen LogP contribution in [0.1, 0.15) is 17.3 Å². The fraction of sp³-hybridized carbons (Fsp3) is 0.222. The van der Waals surface area contributed by atoms with E-state index in [-0.39, 0.29) is 5.91 Å². The number of nitrogens with one attached hydrogen (secondary N) is 1. The highest BCUT2D eigenvalue weighted by atomic mass is 127. The van der Waals surface area contributed by atoms with Crippen molar-refractivity contribution < 1.29 is 4.79 Å². The van der Waals surface area contributed by atoms with Crippen LogP contribution in [0.4, 0.5) is 0 Å². The molecule has 0 aromatic heterocycles. The Kier molecular flexibility index (Phi) is 4.47. The lowest BCUT2D eigenvalue weighted by Crippen LogP contribution is -2.23. The van der Waals surface area contributed by atoms with E-state index in [2.05, 4.69) is 5.32 Å². The first-order valence-corrected chi connectivity index (χ1v) is 5.82. The molecule has 0 fully saturated rings. The molecule has 0 spiro atoms. The molecule has 1 aromatic rings. The van der Waals surface area contributed by atoms with Crippen molar-refractivity contribution in [3.8, 4) is 0 Å². The van der Waals surface area contributed by atoms with Gasteiger partial charge in [0.05, 0.1) is 10.6 Å². The van der Waals surface area contributed by atoms with Gasteiger partial charge in [-0.3, -0.25) is 4.79 Å². The fourth-order valence-electron chi connectivity index (χ4n) is 0.977. The normalized spacial score (nSPS) is 10.0. The molecule has 0 aliphatic rings. The summed E-state index contributed by atoms with van der Waals surface area (Å²) in [6.07, 6.45) is 0. The lowest BCUT2D eigenvalue weighted by atomic mass is 10.2. The zero-order chi connectivity index (χ0) is 10.7. The zero-order valence-electron chi connectivity index (χ0n) is 7.40. The van der Waals surface area contributed by atoms with Gasteiger partial charge in [0.1, 0.15) is 0 Å². The molecular formula is C9H8Cl2INO. The van der Waals surface area contributed by atoms with Crippen LogP contribution < -0.4 is 5.32 Å². The van der Waals surface area contributed by atoms with Crippen molar-refractivity contribution in [1.82, 2.24) is 5.32 Å². The van der Waals surface area contributed by atoms with Gasteiger partial charge < -0.3 is 5.32 Å². The summed E-state index contributed by atoms with van der Waals surface area (Å²) < 4.78 is 0.722. The maximum Gasteiger partial charge on any atom is 0.252 e. The maximum atomic E-state index is 11.5. The first kappa shape index (κ1) is 12.1. The second kappa shape index (κ2) is 5.19. The third-order valence-corrected chi connectivity index (χ3v) is 3.57. The van der Waals surface area contributed by atoms with Crippen molar-refractivity contribution in [3.63, 3.8) is 0 Å². The van der Waals surface area contributed by atoms with Crippen LogP contribution in [0.5, 0.6) is 0 Å². The topological polar surface area (TPSA) is 29.1 Å². The van der Waals surface area contributed by atoms with Gasteiger partial charge in [-0.05, 0) is 41.6 Å². The zero-order valence-corrected chi connectivity index (χ0v) is 11.1. The summed E-state index contributed by atoms with van der Waals surface area (Å²) in [7, 11) is 0. The number of benzene rings is 1. The quantitative estimate of drug-likeness (QED) is 0.647. The molecule has 0 aliphatic carbocycles. The highest BCUT2D eigenvalue weighted by Crippen LogP contribution is 2.26. The summed E-state index contributed by atoms with van der Waals surface area (Å²) in [6.45, 7) is 2.44. The van der Waals surface area contributed by atoms with Gasteiger partial charge in [-0.2, -0.15) is 0 Å². The summed E-state index contributed by atoms with van der Waals surface area (Å²) in [5.41, 5.74) is 0.518. The van der Waals surface area contributed by atoms with E-state index < -0.39 is 0 Å². The van der Waals surface area contributed by atoms with Crippen LogP contribution in [0.2, 0.25) is 10.0 Å². The molecular weight excluding hydrogens is 336 g/mol. The molecule has 0 atom stereocenters. The van der Waals surface area contributed by atoms with E-state index >= 15 is 0 Å². The first-order valence-electron chi connectivity index (χ1n) is 3.99. The van der Waals surface area contributed by atoms with Gasteiger partial charge in [-0.15, -0.1) is 0 Å². The summed E-state index contributed by atoms with van der Waals surface area (Å²) in [5, 5.41) is 3.66. The lowest BCUT2D eigenvalue weighted by molar-refractivity contribution is 0.0955. The summed E-state index contributed by atoms with van der Waals surface area (Å²) >= 11 is 13.7. The van der Waals surface area contributed by atoms with Crippen LogP contribution >= 0.6 is 45.8 Å². The van der Waals surface area contributed by atoms with E-state index in [1.54, 1.807) is 12.1 Å². The molecule has 1 N–H and O–H groups in total.